The van der Waals surface area contributed by atoms with E-state index in [1.54, 1.807) is 0 Å². The molecule has 0 aromatic carbocycles. The first-order valence-electron chi connectivity index (χ1n) is 2.45. The van der Waals surface area contributed by atoms with E-state index in [0.29, 0.717) is 19.6 Å². The summed E-state index contributed by atoms with van der Waals surface area (Å²) < 4.78 is 0. The van der Waals surface area contributed by atoms with Gasteiger partial charge in [-0.25, -0.2) is 0 Å². The second-order valence-corrected chi connectivity index (χ2v) is 1.33. The molecule has 0 rings (SSSR count). The summed E-state index contributed by atoms with van der Waals surface area (Å²) in [6.45, 7) is 3.60. The molecular formula is C4H15N2Na3O. The van der Waals surface area contributed by atoms with Crippen molar-refractivity contribution in [3.05, 3.63) is 0 Å². The predicted molar refractivity (Wildman–Crippen MR) is 31.4 cm³/mol. The van der Waals surface area contributed by atoms with E-state index in [1.165, 1.54) is 5.06 Å². The molecule has 0 saturated heterocycles. The predicted octanol–water partition coefficient (Wildman–Crippen LogP) is -8.99. The zero-order valence-corrected chi connectivity index (χ0v) is 13.6. The van der Waals surface area contributed by atoms with Gasteiger partial charge in [0.25, 0.3) is 0 Å². The van der Waals surface area contributed by atoms with Crippen LogP contribution < -0.4 is 94.4 Å². The molecule has 0 spiro atoms. The Bertz CT molecular complexity index is 59.6. The summed E-state index contributed by atoms with van der Waals surface area (Å²) in [5, 5.41) is 9.79. The van der Waals surface area contributed by atoms with Gasteiger partial charge < -0.3 is 15.2 Å². The number of nitrogens with zero attached hydrogens (tertiary/aromatic N) is 1. The molecule has 0 aliphatic carbocycles. The standard InChI is InChI=1S/C4H12N2O.3Na.3H/c1-2-6(7)4-3-5;;;;;;/h7H,2-5H2,1H3;;;;;;/q;3*+1;3*-1. The molecule has 0 bridgehead atoms. The van der Waals surface area contributed by atoms with Crippen molar-refractivity contribution < 1.29 is 98.2 Å². The zero-order chi connectivity index (χ0) is 5.70. The summed E-state index contributed by atoms with van der Waals surface area (Å²) in [6.07, 6.45) is 0. The van der Waals surface area contributed by atoms with E-state index in [1.807, 2.05) is 6.92 Å². The second kappa shape index (κ2) is 17.8. The number of nitrogens with two attached hydrogens (primary N) is 1. The molecule has 3 N–H and O–H groups in total. The molecule has 0 atom stereocenters. The Morgan fingerprint density at radius 3 is 1.90 bits per heavy atom. The summed E-state index contributed by atoms with van der Waals surface area (Å²) in [6, 6.07) is 0. The largest absolute Gasteiger partial charge is 1.00 e. The van der Waals surface area contributed by atoms with Crippen LogP contribution in [0.4, 0.5) is 0 Å². The molecule has 0 unspecified atom stereocenters. The first-order valence-corrected chi connectivity index (χ1v) is 2.45. The van der Waals surface area contributed by atoms with Crippen molar-refractivity contribution in [1.29, 1.82) is 0 Å². The van der Waals surface area contributed by atoms with Crippen molar-refractivity contribution in [3.8, 4) is 0 Å². The molecule has 6 heteroatoms. The normalized spacial score (nSPS) is 7.20. The van der Waals surface area contributed by atoms with Gasteiger partial charge in [0.1, 0.15) is 0 Å². The molecule has 0 aliphatic heterocycles. The van der Waals surface area contributed by atoms with Crippen molar-refractivity contribution in [3.63, 3.8) is 0 Å². The summed E-state index contributed by atoms with van der Waals surface area (Å²) in [4.78, 5) is 0. The van der Waals surface area contributed by atoms with Crippen molar-refractivity contribution in [2.75, 3.05) is 19.6 Å². The topological polar surface area (TPSA) is 49.5 Å². The summed E-state index contributed by atoms with van der Waals surface area (Å²) in [5.74, 6) is 0. The Morgan fingerprint density at radius 1 is 1.40 bits per heavy atom. The Kier molecular flexibility index (Phi) is 41.1. The van der Waals surface area contributed by atoms with Gasteiger partial charge >= 0.3 is 88.7 Å². The minimum atomic E-state index is 0. The van der Waals surface area contributed by atoms with Crippen LogP contribution in [0.25, 0.3) is 0 Å². The third-order valence-corrected chi connectivity index (χ3v) is 0.752. The first-order chi connectivity index (χ1) is 3.31. The summed E-state index contributed by atoms with van der Waals surface area (Å²) >= 11 is 0. The SMILES string of the molecule is CCN(O)CCN.[H-].[H-].[H-].[Na+].[Na+].[Na+]. The molecule has 3 nitrogen and oxygen atoms in total. The van der Waals surface area contributed by atoms with Crippen LogP contribution in [0, 0.1) is 0 Å². The Labute approximate surface area is 133 Å². The molecule has 0 aliphatic rings. The van der Waals surface area contributed by atoms with E-state index in [0.717, 1.165) is 0 Å². The number of rotatable bonds is 3. The van der Waals surface area contributed by atoms with Crippen LogP contribution in [0.15, 0.2) is 0 Å². The fourth-order valence-corrected chi connectivity index (χ4v) is 0.307. The number of hydrogen-bond donors (Lipinski definition) is 2. The van der Waals surface area contributed by atoms with Gasteiger partial charge in [-0.15, -0.1) is 0 Å². The Balaban J connectivity index is -0.0000000120. The van der Waals surface area contributed by atoms with Crippen molar-refractivity contribution in [2.24, 2.45) is 5.73 Å². The molecule has 0 fully saturated rings. The van der Waals surface area contributed by atoms with Crippen LogP contribution in [0.1, 0.15) is 11.2 Å². The number of hydroxylamine groups is 2. The molecule has 0 amide bonds. The number of likely N-dealkylation sites (N-methyl/N-ethyl adjacent to an activating group) is 1. The molecule has 10 heavy (non-hydrogen) atoms. The molecule has 50 valence electrons. The number of hydrogen-bond acceptors (Lipinski definition) is 3. The van der Waals surface area contributed by atoms with Crippen molar-refractivity contribution >= 4 is 0 Å². The van der Waals surface area contributed by atoms with Gasteiger partial charge in [-0.05, 0) is 0 Å². The maximum absolute atomic E-state index is 8.61. The van der Waals surface area contributed by atoms with Gasteiger partial charge in [-0.2, -0.15) is 5.06 Å². The van der Waals surface area contributed by atoms with Gasteiger partial charge in [-0.3, -0.25) is 0 Å². The molecular weight excluding hydrogens is 161 g/mol. The third kappa shape index (κ3) is 17.1. The van der Waals surface area contributed by atoms with Gasteiger partial charge in [0.2, 0.25) is 0 Å². The minimum absolute atomic E-state index is 0. The molecule has 0 aromatic heterocycles. The van der Waals surface area contributed by atoms with E-state index in [-0.39, 0.29) is 93.0 Å². The summed E-state index contributed by atoms with van der Waals surface area (Å²) in [5.41, 5.74) is 5.10. The van der Waals surface area contributed by atoms with Crippen molar-refractivity contribution in [2.45, 2.75) is 6.92 Å². The van der Waals surface area contributed by atoms with Gasteiger partial charge in [-0.1, -0.05) is 6.92 Å². The van der Waals surface area contributed by atoms with Crippen LogP contribution in [0.2, 0.25) is 0 Å². The van der Waals surface area contributed by atoms with Crippen LogP contribution in [-0.4, -0.2) is 29.9 Å². The van der Waals surface area contributed by atoms with Crippen LogP contribution in [0.5, 0.6) is 0 Å². The van der Waals surface area contributed by atoms with Crippen molar-refractivity contribution in [1.82, 2.24) is 5.06 Å². The summed E-state index contributed by atoms with van der Waals surface area (Å²) in [7, 11) is 0. The monoisotopic (exact) mass is 176 g/mol. The first kappa shape index (κ1) is 23.1. The van der Waals surface area contributed by atoms with E-state index < -0.39 is 0 Å². The maximum Gasteiger partial charge on any atom is 1.00 e. The third-order valence-electron chi connectivity index (χ3n) is 0.752. The van der Waals surface area contributed by atoms with Gasteiger partial charge in [0.15, 0.2) is 0 Å². The van der Waals surface area contributed by atoms with Crippen LogP contribution in [-0.2, 0) is 0 Å². The Morgan fingerprint density at radius 2 is 1.80 bits per heavy atom. The molecule has 0 radical (unpaired) electrons. The molecule has 0 heterocycles. The fourth-order valence-electron chi connectivity index (χ4n) is 0.307. The van der Waals surface area contributed by atoms with Gasteiger partial charge in [0, 0.05) is 19.6 Å². The minimum Gasteiger partial charge on any atom is -1.00 e. The average Bonchev–Trinajstić information content (AvgIpc) is 1.68. The maximum atomic E-state index is 8.61. The molecule has 0 aromatic rings. The van der Waals surface area contributed by atoms with Crippen LogP contribution in [0.3, 0.4) is 0 Å². The zero-order valence-electron chi connectivity index (χ0n) is 10.6. The van der Waals surface area contributed by atoms with E-state index in [2.05, 4.69) is 0 Å². The van der Waals surface area contributed by atoms with E-state index >= 15 is 0 Å². The van der Waals surface area contributed by atoms with Crippen LogP contribution >= 0.6 is 0 Å². The Hall–Kier alpha value is 2.88. The molecule has 0 saturated carbocycles. The fraction of sp³-hybridized carbons (Fsp3) is 1.00. The van der Waals surface area contributed by atoms with Gasteiger partial charge in [0.05, 0.1) is 0 Å². The van der Waals surface area contributed by atoms with E-state index in [9.17, 15) is 0 Å². The second-order valence-electron chi connectivity index (χ2n) is 1.33. The smallest absolute Gasteiger partial charge is 1.00 e. The van der Waals surface area contributed by atoms with E-state index in [4.69, 9.17) is 10.9 Å². The average molecular weight is 176 g/mol. The quantitative estimate of drug-likeness (QED) is 0.331.